The van der Waals surface area contributed by atoms with E-state index in [0.717, 1.165) is 23.5 Å². The number of thioether (sulfide) groups is 1. The number of benzene rings is 1. The van der Waals surface area contributed by atoms with Crippen molar-refractivity contribution in [1.29, 1.82) is 0 Å². The van der Waals surface area contributed by atoms with Crippen LogP contribution in [0.3, 0.4) is 0 Å². The molecule has 9 heteroatoms. The minimum Gasteiger partial charge on any atom is -0.491 e. The van der Waals surface area contributed by atoms with Crippen LogP contribution in [0.2, 0.25) is 0 Å². The summed E-state index contributed by atoms with van der Waals surface area (Å²) in [6.07, 6.45) is -0.857. The molecule has 2 atom stereocenters. The summed E-state index contributed by atoms with van der Waals surface area (Å²) in [6, 6.07) is 5.49. The Hall–Kier alpha value is -2.39. The number of allylic oxidation sites excluding steroid dienone is 4. The van der Waals surface area contributed by atoms with Gasteiger partial charge in [0.2, 0.25) is 5.60 Å². The van der Waals surface area contributed by atoms with Gasteiger partial charge in [-0.3, -0.25) is 0 Å². The largest absolute Gasteiger partial charge is 0.491 e. The molecule has 0 saturated heterocycles. The van der Waals surface area contributed by atoms with Gasteiger partial charge in [0.15, 0.2) is 0 Å². The molecule has 0 aromatic heterocycles. The molecular weight excluding hydrogens is 469 g/mol. The zero-order chi connectivity index (χ0) is 25.9. The topological polar surface area (TPSA) is 65.0 Å². The number of ether oxygens (including phenoxy) is 3. The minimum atomic E-state index is -4.39. The number of aryl methyl sites for hydroxylation is 1. The zero-order valence-corrected chi connectivity index (χ0v) is 21.0. The second-order valence-corrected chi connectivity index (χ2v) is 8.83. The Kier molecular flexibility index (Phi) is 11.8. The van der Waals surface area contributed by atoms with E-state index < -0.39 is 23.3 Å². The summed E-state index contributed by atoms with van der Waals surface area (Å²) < 4.78 is 55.0. The smallest absolute Gasteiger partial charge is 0.412 e. The maximum Gasteiger partial charge on any atom is 0.412 e. The van der Waals surface area contributed by atoms with Crippen molar-refractivity contribution in [3.05, 3.63) is 59.9 Å². The summed E-state index contributed by atoms with van der Waals surface area (Å²) in [5.74, 6) is 0.234. The van der Waals surface area contributed by atoms with Crippen LogP contribution in [0, 0.1) is 6.92 Å². The van der Waals surface area contributed by atoms with E-state index in [1.807, 2.05) is 26.0 Å². The predicted octanol–water partition coefficient (Wildman–Crippen LogP) is 6.72. The molecule has 2 unspecified atom stereocenters. The monoisotopic (exact) mass is 502 g/mol. The van der Waals surface area contributed by atoms with E-state index in [0.29, 0.717) is 24.5 Å². The molecule has 1 rings (SSSR count). The molecule has 0 radical (unpaired) electrons. The van der Waals surface area contributed by atoms with Gasteiger partial charge in [-0.05, 0) is 70.0 Å². The van der Waals surface area contributed by atoms with Gasteiger partial charge in [-0.1, -0.05) is 19.6 Å². The van der Waals surface area contributed by atoms with E-state index >= 15 is 0 Å². The average Bonchev–Trinajstić information content (AvgIpc) is 2.77. The molecule has 5 nitrogen and oxygen atoms in total. The highest BCUT2D eigenvalue weighted by atomic mass is 32.2. The number of aliphatic carboxylic acids is 1. The second-order valence-electron chi connectivity index (χ2n) is 7.74. The van der Waals surface area contributed by atoms with Crippen LogP contribution in [0.1, 0.15) is 39.7 Å². The molecule has 1 aromatic carbocycles. The predicted molar refractivity (Wildman–Crippen MR) is 128 cm³/mol. The summed E-state index contributed by atoms with van der Waals surface area (Å²) in [6.45, 7) is 12.1. The molecule has 0 aliphatic rings. The van der Waals surface area contributed by atoms with E-state index in [1.54, 1.807) is 13.0 Å². The van der Waals surface area contributed by atoms with Crippen LogP contribution in [-0.2, 0) is 14.3 Å². The van der Waals surface area contributed by atoms with Crippen molar-refractivity contribution < 1.29 is 37.3 Å². The van der Waals surface area contributed by atoms with Gasteiger partial charge in [-0.2, -0.15) is 13.2 Å². The van der Waals surface area contributed by atoms with E-state index in [-0.39, 0.29) is 18.5 Å². The van der Waals surface area contributed by atoms with Gasteiger partial charge in [0, 0.05) is 22.8 Å². The lowest BCUT2D eigenvalue weighted by molar-refractivity contribution is -0.154. The van der Waals surface area contributed by atoms with Gasteiger partial charge >= 0.3 is 12.1 Å². The van der Waals surface area contributed by atoms with E-state index in [4.69, 9.17) is 14.2 Å². The average molecular weight is 503 g/mol. The second kappa shape index (κ2) is 13.5. The number of carbonyl (C=O) groups is 1. The summed E-state index contributed by atoms with van der Waals surface area (Å²) in [5.41, 5.74) is -1.24. The third-order valence-corrected chi connectivity index (χ3v) is 6.15. The lowest BCUT2D eigenvalue weighted by atomic mass is 10.0. The quantitative estimate of drug-likeness (QED) is 0.173. The van der Waals surface area contributed by atoms with Crippen LogP contribution in [0.5, 0.6) is 5.75 Å². The van der Waals surface area contributed by atoms with Crippen molar-refractivity contribution in [2.24, 2.45) is 0 Å². The van der Waals surface area contributed by atoms with Crippen LogP contribution in [0.25, 0.3) is 0 Å². The molecule has 0 heterocycles. The van der Waals surface area contributed by atoms with E-state index in [9.17, 15) is 23.1 Å². The highest BCUT2D eigenvalue weighted by Crippen LogP contribution is 2.30. The number of alkyl halides is 3. The highest BCUT2D eigenvalue weighted by molar-refractivity contribution is 7.99. The fraction of sp³-hybridized carbons (Fsp3) is 0.480. The van der Waals surface area contributed by atoms with Gasteiger partial charge in [0.05, 0.1) is 0 Å². The molecule has 0 saturated carbocycles. The molecule has 0 amide bonds. The van der Waals surface area contributed by atoms with Crippen LogP contribution in [-0.4, -0.2) is 47.9 Å². The van der Waals surface area contributed by atoms with E-state index in [2.05, 4.69) is 6.58 Å². The van der Waals surface area contributed by atoms with Crippen LogP contribution in [0.4, 0.5) is 13.2 Å². The van der Waals surface area contributed by atoms with Crippen LogP contribution in [0.15, 0.2) is 59.2 Å². The lowest BCUT2D eigenvalue weighted by Gasteiger charge is -2.26. The van der Waals surface area contributed by atoms with Gasteiger partial charge in [0.1, 0.15) is 24.2 Å². The normalized spacial score (nSPS) is 15.4. The molecule has 1 N–H and O–H groups in total. The summed E-state index contributed by atoms with van der Waals surface area (Å²) >= 11 is 1.52. The number of carboxylic acid groups (broad SMARTS) is 1. The molecule has 0 fully saturated rings. The molecule has 34 heavy (non-hydrogen) atoms. The van der Waals surface area contributed by atoms with Gasteiger partial charge < -0.3 is 19.3 Å². The van der Waals surface area contributed by atoms with Crippen molar-refractivity contribution in [1.82, 2.24) is 0 Å². The van der Waals surface area contributed by atoms with Crippen molar-refractivity contribution in [3.8, 4) is 5.75 Å². The molecular formula is C25H33F3O5S. The maximum atomic E-state index is 12.6. The third kappa shape index (κ3) is 9.46. The minimum absolute atomic E-state index is 0.144. The summed E-state index contributed by atoms with van der Waals surface area (Å²) in [5, 5.41) is 9.42. The number of rotatable bonds is 14. The van der Waals surface area contributed by atoms with Crippen molar-refractivity contribution >= 4 is 17.7 Å². The Morgan fingerprint density at radius 2 is 1.94 bits per heavy atom. The summed E-state index contributed by atoms with van der Waals surface area (Å²) in [7, 11) is 0. The van der Waals surface area contributed by atoms with Crippen molar-refractivity contribution in [3.63, 3.8) is 0 Å². The fourth-order valence-corrected chi connectivity index (χ4v) is 3.57. The SMILES string of the molecule is C=C/C(=C\C=C(/C)C(F)(F)F)OCC(CSc1ccc(OC(C)(CC)C(=O)O)c(C)c1)OCC. The van der Waals surface area contributed by atoms with Crippen molar-refractivity contribution in [2.45, 2.75) is 63.8 Å². The van der Waals surface area contributed by atoms with Crippen LogP contribution >= 0.6 is 11.8 Å². The first-order valence-electron chi connectivity index (χ1n) is 10.8. The molecule has 0 aliphatic heterocycles. The number of hydrogen-bond acceptors (Lipinski definition) is 5. The molecule has 1 aromatic rings. The summed E-state index contributed by atoms with van der Waals surface area (Å²) in [4.78, 5) is 12.4. The Morgan fingerprint density at radius 3 is 2.44 bits per heavy atom. The standard InChI is InChI=1S/C25H33F3O5S/c1-7-19(11-10-18(5)25(26,27)28)32-15-20(31-9-3)16-34-21-12-13-22(17(4)14-21)33-24(6,8-2)23(29)30/h7,10-14,20H,1,8-9,15-16H2,2-6H3,(H,29,30)/b18-10+,19-11+. The zero-order valence-electron chi connectivity index (χ0n) is 20.2. The molecule has 0 aliphatic carbocycles. The number of hydrogen-bond donors (Lipinski definition) is 1. The fourth-order valence-electron chi connectivity index (χ4n) is 2.57. The van der Waals surface area contributed by atoms with Crippen LogP contribution < -0.4 is 4.74 Å². The lowest BCUT2D eigenvalue weighted by Crippen LogP contribution is -2.40. The molecule has 0 bridgehead atoms. The van der Waals surface area contributed by atoms with E-state index in [1.165, 1.54) is 30.8 Å². The van der Waals surface area contributed by atoms with Gasteiger partial charge in [-0.15, -0.1) is 11.8 Å². The first kappa shape index (κ1) is 29.6. The maximum absolute atomic E-state index is 12.6. The Balaban J connectivity index is 2.80. The first-order chi connectivity index (χ1) is 15.9. The van der Waals surface area contributed by atoms with Crippen molar-refractivity contribution in [2.75, 3.05) is 19.0 Å². The highest BCUT2D eigenvalue weighted by Gasteiger charge is 2.34. The number of halogens is 3. The Morgan fingerprint density at radius 1 is 1.26 bits per heavy atom. The number of carboxylic acids is 1. The third-order valence-electron chi connectivity index (χ3n) is 5.03. The Bertz CT molecular complexity index is 895. The Labute approximate surface area is 203 Å². The first-order valence-corrected chi connectivity index (χ1v) is 11.8. The molecule has 190 valence electrons. The van der Waals surface area contributed by atoms with Gasteiger partial charge in [-0.25, -0.2) is 4.79 Å². The van der Waals surface area contributed by atoms with Gasteiger partial charge in [0.25, 0.3) is 0 Å². The molecule has 0 spiro atoms.